The Labute approximate surface area is 119 Å². The van der Waals surface area contributed by atoms with Gasteiger partial charge in [0.1, 0.15) is 0 Å². The normalized spacial score (nSPS) is 10.8. The van der Waals surface area contributed by atoms with Gasteiger partial charge in [0.2, 0.25) is 0 Å². The summed E-state index contributed by atoms with van der Waals surface area (Å²) in [7, 11) is 0. The van der Waals surface area contributed by atoms with Gasteiger partial charge in [-0.25, -0.2) is 0 Å². The summed E-state index contributed by atoms with van der Waals surface area (Å²) >= 11 is -16.7. The third-order valence-corrected chi connectivity index (χ3v) is 19.9. The molecule has 4 N–H and O–H groups in total. The first-order chi connectivity index (χ1) is 5.91. The van der Waals surface area contributed by atoms with Crippen LogP contribution >= 0.6 is 0 Å². The van der Waals surface area contributed by atoms with Gasteiger partial charge < -0.3 is 11.0 Å². The second-order valence-corrected chi connectivity index (χ2v) is 18.0. The Morgan fingerprint density at radius 2 is 0.800 bits per heavy atom. The van der Waals surface area contributed by atoms with Crippen molar-refractivity contribution in [1.29, 1.82) is 0 Å². The molecule has 0 aromatic heterocycles. The maximum atomic E-state index is 10.00. The molecule has 15 heteroatoms. The van der Waals surface area contributed by atoms with Crippen LogP contribution in [0.5, 0.6) is 0 Å². The maximum absolute atomic E-state index is 10.00. The Bertz CT molecular complexity index is 103. The zero-order chi connectivity index (χ0) is 10.4. The Balaban J connectivity index is -0.000000720. The molecular weight excluding hydrogens is 766 g/mol. The molecule has 0 radical (unpaired) electrons. The van der Waals surface area contributed by atoms with Crippen LogP contribution in [0.2, 0.25) is 0 Å². The zero-order valence-corrected chi connectivity index (χ0v) is 16.2. The molecule has 96 valence electrons. The van der Waals surface area contributed by atoms with Crippen molar-refractivity contribution in [3.63, 3.8) is 0 Å². The van der Waals surface area contributed by atoms with Gasteiger partial charge in [0.05, 0.1) is 0 Å². The first-order valence-corrected chi connectivity index (χ1v) is 14.1. The molecule has 0 rings (SSSR count). The second-order valence-electron chi connectivity index (χ2n) is 0.998. The molecule has 0 aliphatic rings. The molecule has 0 heterocycles. The Morgan fingerprint density at radius 1 is 0.600 bits per heavy atom. The van der Waals surface area contributed by atoms with E-state index >= 15 is 0 Å². The number of rotatable bonds is 6. The fourth-order valence-corrected chi connectivity index (χ4v) is 20.7. The first-order valence-electron chi connectivity index (χ1n) is 1.94. The first kappa shape index (κ1) is 22.8. The van der Waals surface area contributed by atoms with E-state index in [0.717, 1.165) is 0 Å². The summed E-state index contributed by atoms with van der Waals surface area (Å²) in [6.07, 6.45) is 0. The predicted molar refractivity (Wildman–Crippen MR) is 16.2 cm³/mol. The molecule has 0 saturated heterocycles. The van der Waals surface area contributed by atoms with Crippen LogP contribution in [0.25, 0.3) is 0 Å². The van der Waals surface area contributed by atoms with Gasteiger partial charge in [0, 0.05) is 0 Å². The quantitative estimate of drug-likeness (QED) is 0.184. The molecule has 0 spiro atoms. The molecule has 0 atom stereocenters. The molecule has 15 heavy (non-hydrogen) atoms. The van der Waals surface area contributed by atoms with Crippen molar-refractivity contribution >= 4 is 23.1 Å². The summed E-state index contributed by atoms with van der Waals surface area (Å²) < 4.78 is 71.8. The number of halogens is 3. The average Bonchev–Trinajstić information content (AvgIpc) is 1.80. The third-order valence-electron chi connectivity index (χ3n) is 0.338. The van der Waals surface area contributed by atoms with Gasteiger partial charge in [-0.3, -0.25) is 0 Å². The molecule has 0 aromatic carbocycles. The predicted octanol–water partition coefficient (Wildman–Crippen LogP) is -18.4. The molecule has 0 aliphatic heterocycles. The monoisotopic (exact) mass is 770 g/mol. The van der Waals surface area contributed by atoms with Gasteiger partial charge in [-0.1, -0.05) is 0 Å². The molecule has 0 bridgehead atoms. The molecule has 0 aromatic rings. The standard InChI is InChI=1S/Bi.3IO3.2H2O/c;3*2-1(3)4;;/h;;;;2*1H2/q+3;3*-1;;. The van der Waals surface area contributed by atoms with E-state index in [1.807, 2.05) is 0 Å². The van der Waals surface area contributed by atoms with E-state index in [-0.39, 0.29) is 11.0 Å². The molecule has 0 amide bonds. The summed E-state index contributed by atoms with van der Waals surface area (Å²) in [5.41, 5.74) is 0. The summed E-state index contributed by atoms with van der Waals surface area (Å²) in [6.45, 7) is 0. The van der Waals surface area contributed by atoms with E-state index in [1.165, 1.54) is 0 Å². The summed E-state index contributed by atoms with van der Waals surface area (Å²) in [5.74, 6) is 0. The van der Waals surface area contributed by atoms with Gasteiger partial charge in [0.25, 0.3) is 0 Å². The summed E-state index contributed by atoms with van der Waals surface area (Å²) in [5, 5.41) is 0. The van der Waals surface area contributed by atoms with Crippen LogP contribution in [0.3, 0.4) is 0 Å². The van der Waals surface area contributed by atoms with Gasteiger partial charge in [0.15, 0.2) is 0 Å². The topological polar surface area (TPSA) is 229 Å². The fourth-order valence-electron chi connectivity index (χ4n) is 0.170. The number of hydrogen-bond donors (Lipinski definition) is 0. The van der Waals surface area contributed by atoms with Crippen molar-refractivity contribution in [3.8, 4) is 0 Å². The van der Waals surface area contributed by atoms with Crippen LogP contribution in [-0.2, 0) is 3.43 Å². The van der Waals surface area contributed by atoms with Crippen LogP contribution in [0, 0.1) is 0 Å². The van der Waals surface area contributed by atoms with Crippen LogP contribution in [0.1, 0.15) is 0 Å². The Hall–Kier alpha value is 2.63. The van der Waals surface area contributed by atoms with Gasteiger partial charge in [-0.2, -0.15) is 0 Å². The average molecular weight is 770 g/mol. The van der Waals surface area contributed by atoms with Crippen LogP contribution < -0.4 is 83.8 Å². The van der Waals surface area contributed by atoms with Crippen molar-refractivity contribution in [2.75, 3.05) is 0 Å². The molecule has 0 saturated carbocycles. The third kappa shape index (κ3) is 16.6. The zero-order valence-electron chi connectivity index (χ0n) is 6.26. The van der Waals surface area contributed by atoms with Crippen molar-refractivity contribution in [2.24, 2.45) is 0 Å². The molecule has 0 fully saturated rings. The van der Waals surface area contributed by atoms with Crippen molar-refractivity contribution in [3.05, 3.63) is 0 Å². The van der Waals surface area contributed by atoms with Crippen molar-refractivity contribution < 1.29 is 98.2 Å². The second kappa shape index (κ2) is 13.1. The summed E-state index contributed by atoms with van der Waals surface area (Å²) in [6, 6.07) is 0. The molecule has 0 aliphatic carbocycles. The molecule has 11 nitrogen and oxygen atoms in total. The van der Waals surface area contributed by atoms with E-state index in [4.69, 9.17) is 0 Å². The van der Waals surface area contributed by atoms with E-state index in [0.29, 0.717) is 0 Å². The SMILES string of the molecule is O.O.[O-][I+2]([O-])[O][Bi]([O][I+2]([O-])[O-])[O][I+2]([O-])[O-]. The Kier molecular flexibility index (Phi) is 19.9. The van der Waals surface area contributed by atoms with E-state index < -0.39 is 86.3 Å². The van der Waals surface area contributed by atoms with Crippen LogP contribution in [0.15, 0.2) is 0 Å². The van der Waals surface area contributed by atoms with Crippen LogP contribution in [-0.4, -0.2) is 34.0 Å². The number of hydrogen-bond acceptors (Lipinski definition) is 9. The van der Waals surface area contributed by atoms with Gasteiger partial charge in [-0.15, -0.1) is 0 Å². The van der Waals surface area contributed by atoms with E-state index in [9.17, 15) is 20.6 Å². The van der Waals surface area contributed by atoms with Gasteiger partial charge in [-0.05, 0) is 0 Å². The minimum absolute atomic E-state index is 0. The van der Waals surface area contributed by atoms with Crippen molar-refractivity contribution in [2.45, 2.75) is 0 Å². The Morgan fingerprint density at radius 3 is 0.933 bits per heavy atom. The van der Waals surface area contributed by atoms with Crippen molar-refractivity contribution in [1.82, 2.24) is 0 Å². The summed E-state index contributed by atoms with van der Waals surface area (Å²) in [4.78, 5) is 0. The minimum atomic E-state index is -4.21. The van der Waals surface area contributed by atoms with Gasteiger partial charge >= 0.3 is 110 Å². The fraction of sp³-hybridized carbons (Fsp3) is 0. The van der Waals surface area contributed by atoms with E-state index in [2.05, 4.69) is 3.43 Å². The van der Waals surface area contributed by atoms with E-state index in [1.54, 1.807) is 0 Å². The molecular formula is H4BiI3O11. The molecule has 0 unspecified atom stereocenters. The van der Waals surface area contributed by atoms with Crippen LogP contribution in [0.4, 0.5) is 0 Å².